The number of hydrogen-bond acceptors (Lipinski definition) is 4. The number of rotatable bonds is 4. The van der Waals surface area contributed by atoms with Crippen LogP contribution in [0.3, 0.4) is 0 Å². The van der Waals surface area contributed by atoms with Crippen molar-refractivity contribution in [2.24, 2.45) is 0 Å². The van der Waals surface area contributed by atoms with Crippen molar-refractivity contribution in [1.82, 2.24) is 5.32 Å². The molecule has 1 heterocycles. The minimum absolute atomic E-state index is 0.257. The summed E-state index contributed by atoms with van der Waals surface area (Å²) in [5.74, 6) is -0.899. The molecule has 0 saturated carbocycles. The molecule has 3 N–H and O–H groups in total. The lowest BCUT2D eigenvalue weighted by atomic mass is 9.92. The first-order valence-electron chi connectivity index (χ1n) is 5.84. The van der Waals surface area contributed by atoms with Crippen molar-refractivity contribution in [3.63, 3.8) is 0 Å². The van der Waals surface area contributed by atoms with E-state index in [0.29, 0.717) is 13.0 Å². The second-order valence-electron chi connectivity index (χ2n) is 4.73. The molecule has 0 aromatic heterocycles. The van der Waals surface area contributed by atoms with Gasteiger partial charge in [0.05, 0.1) is 5.60 Å². The summed E-state index contributed by atoms with van der Waals surface area (Å²) in [6, 6.07) is 7.36. The quantitative estimate of drug-likeness (QED) is 0.713. The van der Waals surface area contributed by atoms with Crippen LogP contribution in [0.4, 0.5) is 0 Å². The molecule has 18 heavy (non-hydrogen) atoms. The van der Waals surface area contributed by atoms with E-state index in [-0.39, 0.29) is 6.42 Å². The number of hydrogen-bond donors (Lipinski definition) is 3. The van der Waals surface area contributed by atoms with Crippen LogP contribution in [0, 0.1) is 0 Å². The highest BCUT2D eigenvalue weighted by Gasteiger charge is 2.40. The first-order chi connectivity index (χ1) is 8.52. The van der Waals surface area contributed by atoms with Crippen molar-refractivity contribution in [2.45, 2.75) is 29.4 Å². The summed E-state index contributed by atoms with van der Waals surface area (Å²) < 4.78 is 0. The lowest BCUT2D eigenvalue weighted by Crippen LogP contribution is -2.33. The molecule has 2 atom stereocenters. The minimum Gasteiger partial charge on any atom is -0.480 e. The van der Waals surface area contributed by atoms with E-state index in [1.807, 2.05) is 30.5 Å². The van der Waals surface area contributed by atoms with E-state index in [1.54, 1.807) is 11.8 Å². The van der Waals surface area contributed by atoms with Crippen LogP contribution in [0.1, 0.15) is 12.0 Å². The molecule has 1 aromatic rings. The van der Waals surface area contributed by atoms with Gasteiger partial charge in [0.1, 0.15) is 6.04 Å². The molecule has 1 aliphatic rings. The van der Waals surface area contributed by atoms with Gasteiger partial charge in [-0.05, 0) is 24.0 Å². The molecule has 1 saturated heterocycles. The number of benzene rings is 1. The van der Waals surface area contributed by atoms with Crippen LogP contribution in [0.5, 0.6) is 0 Å². The SMILES string of the molecule is CSc1ccc(CC2(O)CN[C@H](C(=O)O)C2)cc1. The summed E-state index contributed by atoms with van der Waals surface area (Å²) >= 11 is 1.67. The molecule has 0 radical (unpaired) electrons. The van der Waals surface area contributed by atoms with Gasteiger partial charge in [0.2, 0.25) is 0 Å². The first kappa shape index (κ1) is 13.4. The smallest absolute Gasteiger partial charge is 0.320 e. The van der Waals surface area contributed by atoms with Crippen molar-refractivity contribution >= 4 is 17.7 Å². The summed E-state index contributed by atoms with van der Waals surface area (Å²) in [6.45, 7) is 0.328. The fraction of sp³-hybridized carbons (Fsp3) is 0.462. The van der Waals surface area contributed by atoms with Crippen molar-refractivity contribution in [2.75, 3.05) is 12.8 Å². The summed E-state index contributed by atoms with van der Waals surface area (Å²) in [5, 5.41) is 22.1. The Morgan fingerprint density at radius 1 is 1.50 bits per heavy atom. The first-order valence-corrected chi connectivity index (χ1v) is 7.06. The maximum atomic E-state index is 10.8. The summed E-state index contributed by atoms with van der Waals surface area (Å²) in [4.78, 5) is 12.0. The highest BCUT2D eigenvalue weighted by atomic mass is 32.2. The monoisotopic (exact) mass is 267 g/mol. The Kier molecular flexibility index (Phi) is 3.94. The molecule has 1 fully saturated rings. The summed E-state index contributed by atoms with van der Waals surface area (Å²) in [7, 11) is 0. The Labute approximate surface area is 110 Å². The minimum atomic E-state index is -0.954. The number of carboxylic acids is 1. The molecule has 98 valence electrons. The van der Waals surface area contributed by atoms with Gasteiger partial charge in [-0.3, -0.25) is 4.79 Å². The second-order valence-corrected chi connectivity index (χ2v) is 5.60. The van der Waals surface area contributed by atoms with Crippen LogP contribution in [0.2, 0.25) is 0 Å². The normalized spacial score (nSPS) is 27.3. The maximum absolute atomic E-state index is 10.8. The molecule has 4 nitrogen and oxygen atoms in total. The average molecular weight is 267 g/mol. The predicted octanol–water partition coefficient (Wildman–Crippen LogP) is 1.13. The molecule has 1 aliphatic heterocycles. The number of nitrogens with one attached hydrogen (secondary N) is 1. The van der Waals surface area contributed by atoms with E-state index >= 15 is 0 Å². The third-order valence-corrected chi connectivity index (χ3v) is 4.00. The average Bonchev–Trinajstić information content (AvgIpc) is 2.73. The third-order valence-electron chi connectivity index (χ3n) is 3.25. The van der Waals surface area contributed by atoms with Crippen molar-refractivity contribution in [3.8, 4) is 0 Å². The Hall–Kier alpha value is -1.04. The van der Waals surface area contributed by atoms with Gasteiger partial charge in [-0.2, -0.15) is 0 Å². The molecule has 0 bridgehead atoms. The maximum Gasteiger partial charge on any atom is 0.320 e. The number of aliphatic carboxylic acids is 1. The van der Waals surface area contributed by atoms with E-state index in [0.717, 1.165) is 5.56 Å². The molecule has 1 unspecified atom stereocenters. The van der Waals surface area contributed by atoms with Crippen LogP contribution in [-0.2, 0) is 11.2 Å². The Bertz CT molecular complexity index is 434. The number of β-amino-alcohol motifs (C(OH)–C–C–N with tert-alkyl or cyclic N) is 1. The molecule has 5 heteroatoms. The fourth-order valence-electron chi connectivity index (χ4n) is 2.27. The fourth-order valence-corrected chi connectivity index (χ4v) is 2.68. The zero-order valence-electron chi connectivity index (χ0n) is 10.2. The molecule has 0 aliphatic carbocycles. The Morgan fingerprint density at radius 3 is 2.67 bits per heavy atom. The van der Waals surface area contributed by atoms with Gasteiger partial charge < -0.3 is 15.5 Å². The van der Waals surface area contributed by atoms with Crippen molar-refractivity contribution in [3.05, 3.63) is 29.8 Å². The largest absolute Gasteiger partial charge is 0.480 e. The van der Waals surface area contributed by atoms with E-state index in [1.165, 1.54) is 4.90 Å². The number of carbonyl (C=O) groups is 1. The van der Waals surface area contributed by atoms with Gasteiger partial charge >= 0.3 is 5.97 Å². The Balaban J connectivity index is 2.02. The Morgan fingerprint density at radius 2 is 2.17 bits per heavy atom. The van der Waals surface area contributed by atoms with Crippen molar-refractivity contribution < 1.29 is 15.0 Å². The third kappa shape index (κ3) is 3.04. The molecular formula is C13H17NO3S. The zero-order valence-corrected chi connectivity index (χ0v) is 11.0. The highest BCUT2D eigenvalue weighted by molar-refractivity contribution is 7.98. The summed E-state index contributed by atoms with van der Waals surface area (Å²) in [6.07, 6.45) is 2.76. The number of carboxylic acid groups (broad SMARTS) is 1. The number of aliphatic hydroxyl groups is 1. The van der Waals surface area contributed by atoms with Crippen LogP contribution in [0.15, 0.2) is 29.2 Å². The molecule has 0 spiro atoms. The van der Waals surface area contributed by atoms with Crippen LogP contribution >= 0.6 is 11.8 Å². The van der Waals surface area contributed by atoms with Gasteiger partial charge in [0.25, 0.3) is 0 Å². The lowest BCUT2D eigenvalue weighted by molar-refractivity contribution is -0.139. The van der Waals surface area contributed by atoms with E-state index < -0.39 is 17.6 Å². The molecular weight excluding hydrogens is 250 g/mol. The lowest BCUT2D eigenvalue weighted by Gasteiger charge is -2.21. The summed E-state index contributed by atoms with van der Waals surface area (Å²) in [5.41, 5.74) is 0.0763. The van der Waals surface area contributed by atoms with Crippen molar-refractivity contribution in [1.29, 1.82) is 0 Å². The van der Waals surface area contributed by atoms with Gasteiger partial charge in [-0.25, -0.2) is 0 Å². The van der Waals surface area contributed by atoms with Crippen LogP contribution in [-0.4, -0.2) is 40.6 Å². The van der Waals surface area contributed by atoms with E-state index in [4.69, 9.17) is 5.11 Å². The second kappa shape index (κ2) is 5.30. The molecule has 2 rings (SSSR count). The molecule has 0 amide bonds. The highest BCUT2D eigenvalue weighted by Crippen LogP contribution is 2.25. The van der Waals surface area contributed by atoms with E-state index in [9.17, 15) is 9.90 Å². The van der Waals surface area contributed by atoms with E-state index in [2.05, 4.69) is 5.32 Å². The van der Waals surface area contributed by atoms with Gasteiger partial charge in [0, 0.05) is 24.3 Å². The van der Waals surface area contributed by atoms with Gasteiger partial charge in [-0.15, -0.1) is 11.8 Å². The zero-order chi connectivity index (χ0) is 13.2. The molecule has 1 aromatic carbocycles. The topological polar surface area (TPSA) is 69.6 Å². The standard InChI is InChI=1S/C13H17NO3S/c1-18-10-4-2-9(3-5-10)6-13(17)7-11(12(15)16)14-8-13/h2-5,11,14,17H,6-8H2,1H3,(H,15,16)/t11-,13?/m0/s1. The van der Waals surface area contributed by atoms with Crippen LogP contribution < -0.4 is 5.32 Å². The predicted molar refractivity (Wildman–Crippen MR) is 70.9 cm³/mol. The van der Waals surface area contributed by atoms with Gasteiger partial charge in [0.15, 0.2) is 0 Å². The number of thioether (sulfide) groups is 1. The van der Waals surface area contributed by atoms with Gasteiger partial charge in [-0.1, -0.05) is 12.1 Å². The van der Waals surface area contributed by atoms with Crippen LogP contribution in [0.25, 0.3) is 0 Å².